The molecular weight excluding hydrogens is 269 g/mol. The van der Waals surface area contributed by atoms with Gasteiger partial charge in [0.1, 0.15) is 0 Å². The van der Waals surface area contributed by atoms with Crippen LogP contribution in [0.1, 0.15) is 43.7 Å². The van der Waals surface area contributed by atoms with Gasteiger partial charge in [0.25, 0.3) is 0 Å². The smallest absolute Gasteiger partial charge is 0.0761 e. The third-order valence-corrected chi connectivity index (χ3v) is 4.49. The molecule has 100 valence electrons. The highest BCUT2D eigenvalue weighted by atomic mass is 35.5. The predicted octanol–water partition coefficient (Wildman–Crippen LogP) is 3.93. The number of hydrogen-bond donors (Lipinski definition) is 2. The average Bonchev–Trinajstić information content (AvgIpc) is 2.38. The Kier molecular flexibility index (Phi) is 4.91. The first-order valence-electron chi connectivity index (χ1n) is 6.49. The fourth-order valence-electron chi connectivity index (χ4n) is 2.77. The lowest BCUT2D eigenvalue weighted by atomic mass is 9.81. The van der Waals surface area contributed by atoms with Gasteiger partial charge in [0.2, 0.25) is 0 Å². The second-order valence-corrected chi connectivity index (χ2v) is 5.86. The third-order valence-electron chi connectivity index (χ3n) is 3.83. The maximum absolute atomic E-state index is 10.4. The van der Waals surface area contributed by atoms with Crippen LogP contribution in [0.2, 0.25) is 10.0 Å². The molecule has 3 N–H and O–H groups in total. The maximum atomic E-state index is 10.4. The van der Waals surface area contributed by atoms with E-state index < -0.39 is 12.1 Å². The molecule has 0 aliphatic heterocycles. The Morgan fingerprint density at radius 1 is 1.11 bits per heavy atom. The van der Waals surface area contributed by atoms with Gasteiger partial charge in [0.15, 0.2) is 0 Å². The zero-order chi connectivity index (χ0) is 13.1. The molecule has 0 heterocycles. The molecule has 0 unspecified atom stereocenters. The molecule has 0 aromatic heterocycles. The first-order chi connectivity index (χ1) is 8.61. The van der Waals surface area contributed by atoms with Gasteiger partial charge in [-0.15, -0.1) is 0 Å². The Morgan fingerprint density at radius 2 is 1.67 bits per heavy atom. The van der Waals surface area contributed by atoms with Crippen molar-refractivity contribution in [2.45, 2.75) is 44.2 Å². The Morgan fingerprint density at radius 3 is 2.22 bits per heavy atom. The van der Waals surface area contributed by atoms with Crippen LogP contribution in [-0.2, 0) is 0 Å². The molecule has 1 saturated carbocycles. The molecule has 0 amide bonds. The maximum Gasteiger partial charge on any atom is 0.0761 e. The highest BCUT2D eigenvalue weighted by molar-refractivity contribution is 6.36. The number of nitrogens with two attached hydrogens (primary N) is 1. The lowest BCUT2D eigenvalue weighted by Crippen LogP contribution is -2.34. The molecule has 0 spiro atoms. The highest BCUT2D eigenvalue weighted by Gasteiger charge is 2.29. The van der Waals surface area contributed by atoms with Gasteiger partial charge in [-0.3, -0.25) is 0 Å². The van der Waals surface area contributed by atoms with E-state index in [0.717, 1.165) is 12.8 Å². The Balaban J connectivity index is 2.16. The molecule has 0 radical (unpaired) electrons. The largest absolute Gasteiger partial charge is 0.391 e. The highest BCUT2D eigenvalue weighted by Crippen LogP contribution is 2.36. The second kappa shape index (κ2) is 6.25. The van der Waals surface area contributed by atoms with Crippen LogP contribution in [0.25, 0.3) is 0 Å². The molecule has 1 aromatic carbocycles. The quantitative estimate of drug-likeness (QED) is 0.885. The van der Waals surface area contributed by atoms with E-state index in [-0.39, 0.29) is 5.92 Å². The summed E-state index contributed by atoms with van der Waals surface area (Å²) >= 11 is 12.3. The monoisotopic (exact) mass is 287 g/mol. The van der Waals surface area contributed by atoms with E-state index in [9.17, 15) is 5.11 Å². The Hall–Kier alpha value is -0.280. The predicted molar refractivity (Wildman–Crippen MR) is 76.0 cm³/mol. The van der Waals surface area contributed by atoms with Crippen LogP contribution in [0, 0.1) is 5.92 Å². The fourth-order valence-corrected chi connectivity index (χ4v) is 3.42. The molecular formula is C14H19Cl2NO. The lowest BCUT2D eigenvalue weighted by Gasteiger charge is -2.31. The summed E-state index contributed by atoms with van der Waals surface area (Å²) in [6.07, 6.45) is 5.11. The molecule has 2 nitrogen and oxygen atoms in total. The number of aliphatic hydroxyl groups excluding tert-OH is 1. The van der Waals surface area contributed by atoms with Gasteiger partial charge in [-0.05, 0) is 30.9 Å². The summed E-state index contributed by atoms with van der Waals surface area (Å²) in [6.45, 7) is 0. The average molecular weight is 288 g/mol. The molecule has 1 fully saturated rings. The van der Waals surface area contributed by atoms with Crippen molar-refractivity contribution in [2.75, 3.05) is 0 Å². The van der Waals surface area contributed by atoms with Crippen LogP contribution >= 0.6 is 23.2 Å². The molecule has 1 aromatic rings. The minimum Gasteiger partial charge on any atom is -0.391 e. The van der Waals surface area contributed by atoms with Gasteiger partial charge < -0.3 is 10.8 Å². The first kappa shape index (κ1) is 14.1. The normalized spacial score (nSPS) is 20.7. The number of benzene rings is 1. The molecule has 0 bridgehead atoms. The SMILES string of the molecule is N[C@@H](c1c(Cl)cccc1Cl)[C@H](O)C1CCCCC1. The minimum atomic E-state index is -0.567. The number of aliphatic hydroxyl groups is 1. The van der Waals surface area contributed by atoms with Crippen molar-refractivity contribution in [3.05, 3.63) is 33.8 Å². The minimum absolute atomic E-state index is 0.265. The number of rotatable bonds is 3. The van der Waals surface area contributed by atoms with Gasteiger partial charge in [0.05, 0.1) is 12.1 Å². The molecule has 1 aliphatic carbocycles. The summed E-state index contributed by atoms with van der Waals surface area (Å²) in [5.74, 6) is 0.265. The third kappa shape index (κ3) is 3.00. The van der Waals surface area contributed by atoms with E-state index in [2.05, 4.69) is 0 Å². The van der Waals surface area contributed by atoms with Crippen LogP contribution in [0.4, 0.5) is 0 Å². The fraction of sp³-hybridized carbons (Fsp3) is 0.571. The van der Waals surface area contributed by atoms with E-state index in [1.54, 1.807) is 18.2 Å². The van der Waals surface area contributed by atoms with Crippen LogP contribution in [0.15, 0.2) is 18.2 Å². The van der Waals surface area contributed by atoms with Crippen molar-refractivity contribution in [2.24, 2.45) is 11.7 Å². The van der Waals surface area contributed by atoms with E-state index in [4.69, 9.17) is 28.9 Å². The number of hydrogen-bond acceptors (Lipinski definition) is 2. The molecule has 1 aliphatic rings. The van der Waals surface area contributed by atoms with E-state index in [1.165, 1.54) is 19.3 Å². The van der Waals surface area contributed by atoms with E-state index >= 15 is 0 Å². The zero-order valence-electron chi connectivity index (χ0n) is 10.3. The topological polar surface area (TPSA) is 46.2 Å². The van der Waals surface area contributed by atoms with Crippen LogP contribution < -0.4 is 5.73 Å². The van der Waals surface area contributed by atoms with Gasteiger partial charge in [0, 0.05) is 15.6 Å². The zero-order valence-corrected chi connectivity index (χ0v) is 11.8. The van der Waals surface area contributed by atoms with Gasteiger partial charge >= 0.3 is 0 Å². The van der Waals surface area contributed by atoms with E-state index in [1.807, 2.05) is 0 Å². The first-order valence-corrected chi connectivity index (χ1v) is 7.24. The summed E-state index contributed by atoms with van der Waals surface area (Å²) in [5.41, 5.74) is 6.82. The van der Waals surface area contributed by atoms with Crippen molar-refractivity contribution in [1.29, 1.82) is 0 Å². The Labute approximate surface area is 118 Å². The van der Waals surface area contributed by atoms with Crippen LogP contribution in [0.3, 0.4) is 0 Å². The summed E-state index contributed by atoms with van der Waals surface area (Å²) in [7, 11) is 0. The summed E-state index contributed by atoms with van der Waals surface area (Å²) < 4.78 is 0. The van der Waals surface area contributed by atoms with Crippen molar-refractivity contribution >= 4 is 23.2 Å². The molecule has 18 heavy (non-hydrogen) atoms. The number of halogens is 2. The van der Waals surface area contributed by atoms with Crippen molar-refractivity contribution < 1.29 is 5.11 Å². The summed E-state index contributed by atoms with van der Waals surface area (Å²) in [4.78, 5) is 0. The van der Waals surface area contributed by atoms with Gasteiger partial charge in [-0.1, -0.05) is 48.5 Å². The Bertz CT molecular complexity index is 385. The van der Waals surface area contributed by atoms with Gasteiger partial charge in [-0.25, -0.2) is 0 Å². The molecule has 4 heteroatoms. The lowest BCUT2D eigenvalue weighted by molar-refractivity contribution is 0.0618. The summed E-state index contributed by atoms with van der Waals surface area (Å²) in [5, 5.41) is 11.5. The van der Waals surface area contributed by atoms with Crippen molar-refractivity contribution in [1.82, 2.24) is 0 Å². The van der Waals surface area contributed by atoms with Crippen molar-refractivity contribution in [3.8, 4) is 0 Å². The van der Waals surface area contributed by atoms with Gasteiger partial charge in [-0.2, -0.15) is 0 Å². The molecule has 2 rings (SSSR count). The summed E-state index contributed by atoms with van der Waals surface area (Å²) in [6, 6.07) is 4.80. The second-order valence-electron chi connectivity index (χ2n) is 5.05. The molecule has 2 atom stereocenters. The van der Waals surface area contributed by atoms with Crippen LogP contribution in [0.5, 0.6) is 0 Å². The van der Waals surface area contributed by atoms with Crippen LogP contribution in [-0.4, -0.2) is 11.2 Å². The standard InChI is InChI=1S/C14H19Cl2NO/c15-10-7-4-8-11(16)12(10)13(17)14(18)9-5-2-1-3-6-9/h4,7-9,13-14,18H,1-3,5-6,17H2/t13-,14+/m0/s1. The van der Waals surface area contributed by atoms with E-state index in [0.29, 0.717) is 15.6 Å². The van der Waals surface area contributed by atoms with Crippen molar-refractivity contribution in [3.63, 3.8) is 0 Å². The molecule has 0 saturated heterocycles.